The van der Waals surface area contributed by atoms with Gasteiger partial charge in [-0.15, -0.1) is 0 Å². The maximum Gasteiger partial charge on any atom is 0.239 e. The van der Waals surface area contributed by atoms with Gasteiger partial charge in [0.2, 0.25) is 11.8 Å². The Balaban J connectivity index is 4.41. The third-order valence-corrected chi connectivity index (χ3v) is 3.44. The van der Waals surface area contributed by atoms with Crippen LogP contribution in [0.4, 0.5) is 0 Å². The second-order valence-electron chi connectivity index (χ2n) is 5.92. The molecule has 2 amide bonds. The van der Waals surface area contributed by atoms with Crippen LogP contribution in [-0.2, 0) is 9.59 Å². The molecule has 0 rings (SSSR count). The van der Waals surface area contributed by atoms with E-state index in [0.29, 0.717) is 0 Å². The zero-order chi connectivity index (χ0) is 15.7. The summed E-state index contributed by atoms with van der Waals surface area (Å²) < 4.78 is 0. The normalized spacial score (nSPS) is 15.7. The molecule has 0 aromatic rings. The van der Waals surface area contributed by atoms with Gasteiger partial charge < -0.3 is 16.4 Å². The maximum atomic E-state index is 12.2. The molecular weight excluding hydrogens is 254 g/mol. The molecule has 5 nitrogen and oxygen atoms in total. The molecule has 2 unspecified atom stereocenters. The highest BCUT2D eigenvalue weighted by molar-refractivity contribution is 5.88. The van der Waals surface area contributed by atoms with E-state index < -0.39 is 11.9 Å². The minimum Gasteiger partial charge on any atom is -0.368 e. The molecule has 0 aromatic heterocycles. The molecule has 5 heteroatoms. The summed E-state index contributed by atoms with van der Waals surface area (Å²) in [5.74, 6) is -0.519. The summed E-state index contributed by atoms with van der Waals surface area (Å²) in [6.07, 6.45) is 4.62. The first-order valence-corrected chi connectivity index (χ1v) is 7.65. The SMILES string of the molecule is CCCCCC(C)NC(C(=O)N[C@@H](C)C(N)=O)C(C)C. The van der Waals surface area contributed by atoms with Gasteiger partial charge in [0.25, 0.3) is 0 Å². The van der Waals surface area contributed by atoms with Gasteiger partial charge in [0.1, 0.15) is 6.04 Å². The molecule has 4 N–H and O–H groups in total. The van der Waals surface area contributed by atoms with Crippen molar-refractivity contribution in [1.82, 2.24) is 10.6 Å². The Morgan fingerprint density at radius 3 is 2.15 bits per heavy atom. The Kier molecular flexibility index (Phi) is 9.21. The minimum absolute atomic E-state index is 0.156. The summed E-state index contributed by atoms with van der Waals surface area (Å²) in [6, 6.07) is -0.655. The Morgan fingerprint density at radius 2 is 1.70 bits per heavy atom. The van der Waals surface area contributed by atoms with Crippen LogP contribution in [0, 0.1) is 5.92 Å². The van der Waals surface area contributed by atoms with Crippen molar-refractivity contribution in [2.24, 2.45) is 11.7 Å². The van der Waals surface area contributed by atoms with Crippen molar-refractivity contribution < 1.29 is 9.59 Å². The van der Waals surface area contributed by atoms with E-state index in [4.69, 9.17) is 5.73 Å². The average Bonchev–Trinajstić information content (AvgIpc) is 2.35. The summed E-state index contributed by atoms with van der Waals surface area (Å²) in [5.41, 5.74) is 5.17. The molecule has 0 bridgehead atoms. The van der Waals surface area contributed by atoms with Crippen LogP contribution in [0.25, 0.3) is 0 Å². The van der Waals surface area contributed by atoms with Crippen molar-refractivity contribution in [2.75, 3.05) is 0 Å². The second-order valence-corrected chi connectivity index (χ2v) is 5.92. The fourth-order valence-corrected chi connectivity index (χ4v) is 2.04. The van der Waals surface area contributed by atoms with Crippen molar-refractivity contribution in [3.63, 3.8) is 0 Å². The molecule has 20 heavy (non-hydrogen) atoms. The third-order valence-electron chi connectivity index (χ3n) is 3.44. The number of unbranched alkanes of at least 4 members (excludes halogenated alkanes) is 2. The fourth-order valence-electron chi connectivity index (χ4n) is 2.04. The average molecular weight is 285 g/mol. The lowest BCUT2D eigenvalue weighted by atomic mass is 10.0. The van der Waals surface area contributed by atoms with Crippen molar-refractivity contribution in [2.45, 2.75) is 78.4 Å². The standard InChI is InChI=1S/C15H31N3O2/c1-6-7-8-9-11(4)17-13(10(2)3)15(20)18-12(5)14(16)19/h10-13,17H,6-9H2,1-5H3,(H2,16,19)(H,18,20)/t11?,12-,13?/m0/s1. The number of carbonyl (C=O) groups is 2. The number of nitrogens with two attached hydrogens (primary N) is 1. The maximum absolute atomic E-state index is 12.2. The molecule has 0 aliphatic heterocycles. The van der Waals surface area contributed by atoms with Crippen molar-refractivity contribution in [1.29, 1.82) is 0 Å². The number of amides is 2. The predicted molar refractivity (Wildman–Crippen MR) is 82.2 cm³/mol. The zero-order valence-corrected chi connectivity index (χ0v) is 13.5. The van der Waals surface area contributed by atoms with E-state index in [2.05, 4.69) is 24.5 Å². The van der Waals surface area contributed by atoms with E-state index in [0.717, 1.165) is 12.8 Å². The van der Waals surface area contributed by atoms with Crippen LogP contribution in [0.15, 0.2) is 0 Å². The van der Waals surface area contributed by atoms with E-state index in [1.807, 2.05) is 13.8 Å². The first-order valence-electron chi connectivity index (χ1n) is 7.65. The quantitative estimate of drug-likeness (QED) is 0.533. The first-order chi connectivity index (χ1) is 9.29. The highest BCUT2D eigenvalue weighted by atomic mass is 16.2. The Bertz CT molecular complexity index is 305. The molecule has 3 atom stereocenters. The number of primary amides is 1. The van der Waals surface area contributed by atoms with E-state index in [9.17, 15) is 9.59 Å². The van der Waals surface area contributed by atoms with Gasteiger partial charge in [-0.2, -0.15) is 0 Å². The van der Waals surface area contributed by atoms with Gasteiger partial charge in [0, 0.05) is 6.04 Å². The lowest BCUT2D eigenvalue weighted by molar-refractivity contribution is -0.129. The van der Waals surface area contributed by atoms with Crippen LogP contribution in [0.1, 0.15) is 60.3 Å². The van der Waals surface area contributed by atoms with Gasteiger partial charge in [-0.05, 0) is 26.2 Å². The molecule has 118 valence electrons. The number of nitrogens with one attached hydrogen (secondary N) is 2. The summed E-state index contributed by atoms with van der Waals surface area (Å²) in [7, 11) is 0. The highest BCUT2D eigenvalue weighted by Gasteiger charge is 2.25. The van der Waals surface area contributed by atoms with Gasteiger partial charge in [-0.3, -0.25) is 9.59 Å². The largest absolute Gasteiger partial charge is 0.368 e. The molecule has 0 saturated heterocycles. The van der Waals surface area contributed by atoms with E-state index >= 15 is 0 Å². The summed E-state index contributed by atoms with van der Waals surface area (Å²) in [4.78, 5) is 23.2. The Morgan fingerprint density at radius 1 is 1.10 bits per heavy atom. The molecule has 0 aliphatic carbocycles. The first kappa shape index (κ1) is 18.9. The minimum atomic E-state index is -0.638. The smallest absolute Gasteiger partial charge is 0.239 e. The van der Waals surface area contributed by atoms with Crippen molar-refractivity contribution in [3.8, 4) is 0 Å². The second kappa shape index (κ2) is 9.75. The molecule has 0 radical (unpaired) electrons. The zero-order valence-electron chi connectivity index (χ0n) is 13.5. The molecule has 0 aliphatic rings. The lowest BCUT2D eigenvalue weighted by Gasteiger charge is -2.26. The molecule has 0 aromatic carbocycles. The van der Waals surface area contributed by atoms with Crippen LogP contribution in [-0.4, -0.2) is 29.9 Å². The van der Waals surface area contributed by atoms with Crippen LogP contribution in [0.3, 0.4) is 0 Å². The Hall–Kier alpha value is -1.10. The fraction of sp³-hybridized carbons (Fsp3) is 0.867. The van der Waals surface area contributed by atoms with E-state index in [-0.39, 0.29) is 23.9 Å². The van der Waals surface area contributed by atoms with Crippen LogP contribution in [0.2, 0.25) is 0 Å². The molecular formula is C15H31N3O2. The van der Waals surface area contributed by atoms with Gasteiger partial charge in [0.15, 0.2) is 0 Å². The highest BCUT2D eigenvalue weighted by Crippen LogP contribution is 2.08. The summed E-state index contributed by atoms with van der Waals surface area (Å²) in [5, 5.41) is 6.01. The Labute approximate surface area is 123 Å². The van der Waals surface area contributed by atoms with Crippen LogP contribution < -0.4 is 16.4 Å². The molecule has 0 spiro atoms. The van der Waals surface area contributed by atoms with E-state index in [1.54, 1.807) is 6.92 Å². The van der Waals surface area contributed by atoms with Crippen LogP contribution in [0.5, 0.6) is 0 Å². The van der Waals surface area contributed by atoms with Crippen molar-refractivity contribution in [3.05, 3.63) is 0 Å². The van der Waals surface area contributed by atoms with Gasteiger partial charge in [-0.25, -0.2) is 0 Å². The monoisotopic (exact) mass is 285 g/mol. The molecule has 0 saturated carbocycles. The molecule has 0 fully saturated rings. The number of hydrogen-bond donors (Lipinski definition) is 3. The third kappa shape index (κ3) is 7.48. The predicted octanol–water partition coefficient (Wildman–Crippen LogP) is 1.56. The van der Waals surface area contributed by atoms with Gasteiger partial charge >= 0.3 is 0 Å². The van der Waals surface area contributed by atoms with Gasteiger partial charge in [-0.1, -0.05) is 40.0 Å². The number of hydrogen-bond acceptors (Lipinski definition) is 3. The number of rotatable bonds is 10. The van der Waals surface area contributed by atoms with E-state index in [1.165, 1.54) is 12.8 Å². The van der Waals surface area contributed by atoms with Gasteiger partial charge in [0.05, 0.1) is 6.04 Å². The van der Waals surface area contributed by atoms with Crippen LogP contribution >= 0.6 is 0 Å². The van der Waals surface area contributed by atoms with Crippen molar-refractivity contribution >= 4 is 11.8 Å². The topological polar surface area (TPSA) is 84.2 Å². The summed E-state index contributed by atoms with van der Waals surface area (Å²) >= 11 is 0. The summed E-state index contributed by atoms with van der Waals surface area (Å²) in [6.45, 7) is 9.85. The lowest BCUT2D eigenvalue weighted by Crippen LogP contribution is -2.54. The molecule has 0 heterocycles. The number of carbonyl (C=O) groups excluding carboxylic acids is 2.